The normalized spacial score (nSPS) is 28.5. The summed E-state index contributed by atoms with van der Waals surface area (Å²) in [5.74, 6) is 1.46. The van der Waals surface area contributed by atoms with Crippen LogP contribution in [-0.2, 0) is 14.3 Å². The smallest absolute Gasteiger partial charge is 0.286 e. The molecule has 22 heavy (non-hydrogen) atoms. The highest BCUT2D eigenvalue weighted by Gasteiger charge is 2.37. The quantitative estimate of drug-likeness (QED) is 0.674. The highest BCUT2D eigenvalue weighted by Crippen LogP contribution is 2.42. The van der Waals surface area contributed by atoms with E-state index in [1.54, 1.807) is 0 Å². The number of hydrogen-bond acceptors (Lipinski definition) is 4. The molecule has 3 rings (SSSR count). The van der Waals surface area contributed by atoms with E-state index in [2.05, 4.69) is 5.32 Å². The molecule has 1 aliphatic heterocycles. The number of ether oxygens (including phenoxy) is 2. The molecule has 1 heterocycles. The highest BCUT2D eigenvalue weighted by molar-refractivity contribution is 5.91. The topological polar surface area (TPSA) is 67.8 Å². The molecular formula is C17H27NO4. The first-order valence-corrected chi connectivity index (χ1v) is 8.68. The van der Waals surface area contributed by atoms with Gasteiger partial charge in [0.15, 0.2) is 5.76 Å². The summed E-state index contributed by atoms with van der Waals surface area (Å²) >= 11 is 0. The summed E-state index contributed by atoms with van der Waals surface area (Å²) in [4.78, 5) is 12.3. The highest BCUT2D eigenvalue weighted by atomic mass is 16.7. The Morgan fingerprint density at radius 1 is 1.32 bits per heavy atom. The lowest BCUT2D eigenvalue weighted by Crippen LogP contribution is -2.42. The molecule has 5 heteroatoms. The van der Waals surface area contributed by atoms with Crippen LogP contribution in [0.1, 0.15) is 51.4 Å². The van der Waals surface area contributed by atoms with Gasteiger partial charge in [0.05, 0.1) is 6.61 Å². The number of nitrogens with one attached hydrogen (secondary N) is 1. The Labute approximate surface area is 132 Å². The van der Waals surface area contributed by atoms with Crippen molar-refractivity contribution in [2.45, 2.75) is 63.7 Å². The van der Waals surface area contributed by atoms with Gasteiger partial charge in [-0.2, -0.15) is 0 Å². The molecule has 1 amide bonds. The van der Waals surface area contributed by atoms with E-state index in [4.69, 9.17) is 14.6 Å². The molecule has 0 aromatic carbocycles. The molecule has 0 saturated heterocycles. The van der Waals surface area contributed by atoms with Crippen LogP contribution in [0.4, 0.5) is 0 Å². The number of carbonyl (C=O) groups excluding carboxylic acids is 1. The fourth-order valence-electron chi connectivity index (χ4n) is 3.04. The first-order chi connectivity index (χ1) is 10.8. The van der Waals surface area contributed by atoms with Crippen LogP contribution in [0, 0.1) is 11.8 Å². The van der Waals surface area contributed by atoms with Crippen molar-refractivity contribution in [2.24, 2.45) is 11.8 Å². The molecule has 0 aromatic rings. The van der Waals surface area contributed by atoms with Gasteiger partial charge < -0.3 is 19.9 Å². The number of amides is 1. The van der Waals surface area contributed by atoms with Gasteiger partial charge in [0.2, 0.25) is 6.29 Å². The second-order valence-corrected chi connectivity index (χ2v) is 6.72. The monoisotopic (exact) mass is 309 g/mol. The Kier molecular flexibility index (Phi) is 5.37. The van der Waals surface area contributed by atoms with Gasteiger partial charge in [0, 0.05) is 19.1 Å². The molecule has 5 nitrogen and oxygen atoms in total. The molecule has 2 atom stereocenters. The van der Waals surface area contributed by atoms with E-state index < -0.39 is 0 Å². The zero-order chi connectivity index (χ0) is 15.4. The standard InChI is InChI=1S/C17H27NO4/c19-8-1-2-9-21-16-11-13(12-6-7-12)10-15(22-16)17(20)18-14-4-3-5-14/h10,12-14,16,19H,1-9,11H2,(H,18,20)/t13-,16+/m0/s1. The van der Waals surface area contributed by atoms with Crippen LogP contribution in [0.2, 0.25) is 0 Å². The van der Waals surface area contributed by atoms with Crippen LogP contribution in [0.25, 0.3) is 0 Å². The lowest BCUT2D eigenvalue weighted by molar-refractivity contribution is -0.150. The predicted octanol–water partition coefficient (Wildman–Crippen LogP) is 2.10. The fraction of sp³-hybridized carbons (Fsp3) is 0.824. The number of unbranched alkanes of at least 4 members (excludes halogenated alkanes) is 1. The molecule has 2 fully saturated rings. The minimum Gasteiger partial charge on any atom is -0.459 e. The van der Waals surface area contributed by atoms with E-state index in [0.29, 0.717) is 30.2 Å². The van der Waals surface area contributed by atoms with Crippen molar-refractivity contribution in [3.63, 3.8) is 0 Å². The molecule has 0 aromatic heterocycles. The van der Waals surface area contributed by atoms with Crippen molar-refractivity contribution < 1.29 is 19.4 Å². The molecule has 0 spiro atoms. The summed E-state index contributed by atoms with van der Waals surface area (Å²) in [6.45, 7) is 0.759. The summed E-state index contributed by atoms with van der Waals surface area (Å²) in [6, 6.07) is 0.322. The largest absolute Gasteiger partial charge is 0.459 e. The van der Waals surface area contributed by atoms with Crippen LogP contribution in [0.15, 0.2) is 11.8 Å². The third kappa shape index (κ3) is 4.23. The second kappa shape index (κ2) is 7.47. The first-order valence-electron chi connectivity index (χ1n) is 8.68. The summed E-state index contributed by atoms with van der Waals surface area (Å²) in [7, 11) is 0. The summed E-state index contributed by atoms with van der Waals surface area (Å²) in [5.41, 5.74) is 0. The zero-order valence-electron chi connectivity index (χ0n) is 13.1. The van der Waals surface area contributed by atoms with Gasteiger partial charge in [-0.1, -0.05) is 0 Å². The second-order valence-electron chi connectivity index (χ2n) is 6.72. The number of hydrogen-bond donors (Lipinski definition) is 2. The lowest BCUT2D eigenvalue weighted by atomic mass is 9.92. The first kappa shape index (κ1) is 15.8. The third-order valence-corrected chi connectivity index (χ3v) is 4.84. The Hall–Kier alpha value is -1.07. The number of aliphatic hydroxyl groups excluding tert-OH is 1. The summed E-state index contributed by atoms with van der Waals surface area (Å²) in [6.07, 6.45) is 9.93. The minimum absolute atomic E-state index is 0.0843. The van der Waals surface area contributed by atoms with Gasteiger partial charge >= 0.3 is 0 Å². The molecule has 2 aliphatic carbocycles. The van der Waals surface area contributed by atoms with Crippen LogP contribution in [0.3, 0.4) is 0 Å². The van der Waals surface area contributed by atoms with Crippen molar-refractivity contribution in [3.05, 3.63) is 11.8 Å². The van der Waals surface area contributed by atoms with Crippen LogP contribution in [0.5, 0.6) is 0 Å². The van der Waals surface area contributed by atoms with Crippen molar-refractivity contribution in [1.82, 2.24) is 5.32 Å². The van der Waals surface area contributed by atoms with Gasteiger partial charge in [-0.05, 0) is 62.9 Å². The van der Waals surface area contributed by atoms with Gasteiger partial charge in [-0.25, -0.2) is 0 Å². The fourth-order valence-corrected chi connectivity index (χ4v) is 3.04. The van der Waals surface area contributed by atoms with Crippen LogP contribution in [-0.4, -0.2) is 36.6 Å². The molecule has 0 bridgehead atoms. The molecular weight excluding hydrogens is 282 g/mol. The number of rotatable bonds is 8. The Balaban J connectivity index is 1.53. The van der Waals surface area contributed by atoms with Crippen molar-refractivity contribution in [2.75, 3.05) is 13.2 Å². The van der Waals surface area contributed by atoms with E-state index in [1.165, 1.54) is 19.3 Å². The maximum atomic E-state index is 12.3. The minimum atomic E-state index is -0.323. The summed E-state index contributed by atoms with van der Waals surface area (Å²) < 4.78 is 11.5. The van der Waals surface area contributed by atoms with Crippen LogP contribution >= 0.6 is 0 Å². The molecule has 0 radical (unpaired) electrons. The van der Waals surface area contributed by atoms with Crippen LogP contribution < -0.4 is 5.32 Å². The van der Waals surface area contributed by atoms with Crippen molar-refractivity contribution >= 4 is 5.91 Å². The Morgan fingerprint density at radius 3 is 2.77 bits per heavy atom. The van der Waals surface area contributed by atoms with Gasteiger partial charge in [0.25, 0.3) is 5.91 Å². The molecule has 2 N–H and O–H groups in total. The Morgan fingerprint density at radius 2 is 2.14 bits per heavy atom. The maximum Gasteiger partial charge on any atom is 0.286 e. The lowest BCUT2D eigenvalue weighted by Gasteiger charge is -2.31. The predicted molar refractivity (Wildman–Crippen MR) is 81.8 cm³/mol. The van der Waals surface area contributed by atoms with E-state index in [-0.39, 0.29) is 18.8 Å². The van der Waals surface area contributed by atoms with Gasteiger partial charge in [-0.15, -0.1) is 0 Å². The van der Waals surface area contributed by atoms with E-state index in [1.807, 2.05) is 6.08 Å². The third-order valence-electron chi connectivity index (χ3n) is 4.84. The van der Waals surface area contributed by atoms with Gasteiger partial charge in [0.1, 0.15) is 0 Å². The van der Waals surface area contributed by atoms with E-state index in [0.717, 1.165) is 32.1 Å². The SMILES string of the molecule is O=C(NC1CCC1)C1=C[C@H](C2CC2)C[C@H](OCCCCO)O1. The molecule has 124 valence electrons. The van der Waals surface area contributed by atoms with Gasteiger partial charge in [-0.3, -0.25) is 4.79 Å². The number of aliphatic hydroxyl groups is 1. The van der Waals surface area contributed by atoms with Crippen molar-refractivity contribution in [1.29, 1.82) is 0 Å². The van der Waals surface area contributed by atoms with Crippen molar-refractivity contribution in [3.8, 4) is 0 Å². The molecule has 0 unspecified atom stereocenters. The zero-order valence-corrected chi connectivity index (χ0v) is 13.1. The van der Waals surface area contributed by atoms with E-state index in [9.17, 15) is 4.79 Å². The summed E-state index contributed by atoms with van der Waals surface area (Å²) in [5, 5.41) is 11.8. The maximum absolute atomic E-state index is 12.3. The number of carbonyl (C=O) groups is 1. The Bertz CT molecular complexity index is 415. The molecule has 3 aliphatic rings. The number of allylic oxidation sites excluding steroid dienone is 1. The average molecular weight is 309 g/mol. The van der Waals surface area contributed by atoms with E-state index >= 15 is 0 Å². The molecule has 2 saturated carbocycles. The average Bonchev–Trinajstić information content (AvgIpc) is 3.31.